The zero-order valence-electron chi connectivity index (χ0n) is 17.1. The molecular weight excluding hydrogens is 380 g/mol. The Morgan fingerprint density at radius 3 is 2.83 bits per heavy atom. The van der Waals surface area contributed by atoms with Gasteiger partial charge in [0.15, 0.2) is 0 Å². The first-order valence-corrected chi connectivity index (χ1v) is 10.3. The Morgan fingerprint density at radius 1 is 1.13 bits per heavy atom. The lowest BCUT2D eigenvalue weighted by molar-refractivity contribution is 0.00545. The summed E-state index contributed by atoms with van der Waals surface area (Å²) in [5.74, 6) is 0.777. The van der Waals surface area contributed by atoms with Gasteiger partial charge in [0.1, 0.15) is 29.5 Å². The van der Waals surface area contributed by atoms with Crippen molar-refractivity contribution in [2.45, 2.75) is 44.4 Å². The van der Waals surface area contributed by atoms with Crippen molar-refractivity contribution in [2.24, 2.45) is 5.92 Å². The quantitative estimate of drug-likeness (QED) is 0.470. The molecule has 0 bridgehead atoms. The van der Waals surface area contributed by atoms with E-state index in [-0.39, 0.29) is 12.0 Å². The van der Waals surface area contributed by atoms with Crippen LogP contribution in [0.25, 0.3) is 16.7 Å². The average Bonchev–Trinajstić information content (AvgIpc) is 3.43. The van der Waals surface area contributed by atoms with Gasteiger partial charge in [-0.15, -0.1) is 0 Å². The van der Waals surface area contributed by atoms with Crippen molar-refractivity contribution in [1.29, 1.82) is 0 Å². The highest BCUT2D eigenvalue weighted by molar-refractivity contribution is 5.87. The Balaban J connectivity index is 1.34. The molecule has 3 N–H and O–H groups in total. The molecule has 0 aliphatic heterocycles. The number of rotatable bonds is 5. The third-order valence-corrected chi connectivity index (χ3v) is 6.44. The summed E-state index contributed by atoms with van der Waals surface area (Å²) >= 11 is 0. The highest BCUT2D eigenvalue weighted by Crippen LogP contribution is 2.39. The molecule has 0 unspecified atom stereocenters. The van der Waals surface area contributed by atoms with Gasteiger partial charge in [-0.2, -0.15) is 0 Å². The third-order valence-electron chi connectivity index (χ3n) is 6.44. The van der Waals surface area contributed by atoms with Crippen LogP contribution in [-0.2, 0) is 6.42 Å². The molecule has 1 aliphatic carbocycles. The van der Waals surface area contributed by atoms with Gasteiger partial charge >= 0.3 is 0 Å². The molecule has 1 fully saturated rings. The summed E-state index contributed by atoms with van der Waals surface area (Å²) in [4.78, 5) is 13.1. The highest BCUT2D eigenvalue weighted by Gasteiger charge is 2.42. The Bertz CT molecular complexity index is 1200. The van der Waals surface area contributed by atoms with Gasteiger partial charge in [-0.1, -0.05) is 0 Å². The second kappa shape index (κ2) is 7.37. The number of fused-ring (bicyclic) bond motifs is 2. The van der Waals surface area contributed by atoms with Gasteiger partial charge in [0.2, 0.25) is 0 Å². The van der Waals surface area contributed by atoms with E-state index in [9.17, 15) is 10.2 Å². The smallest absolute Gasteiger partial charge is 0.145 e. The number of aryl methyl sites for hydroxylation is 2. The molecule has 0 saturated heterocycles. The highest BCUT2D eigenvalue weighted by atomic mass is 16.3. The van der Waals surface area contributed by atoms with Crippen molar-refractivity contribution in [1.82, 2.24) is 23.9 Å². The zero-order chi connectivity index (χ0) is 20.8. The minimum absolute atomic E-state index is 0.0192. The molecule has 4 aromatic heterocycles. The molecule has 8 nitrogen and oxygen atoms in total. The van der Waals surface area contributed by atoms with Gasteiger partial charge in [0.25, 0.3) is 0 Å². The molecule has 30 heavy (non-hydrogen) atoms. The van der Waals surface area contributed by atoms with Gasteiger partial charge < -0.3 is 24.5 Å². The topological polar surface area (TPSA) is 101 Å². The van der Waals surface area contributed by atoms with Crippen LogP contribution < -0.4 is 5.32 Å². The fraction of sp³-hybridized carbons (Fsp3) is 0.409. The molecule has 0 spiro atoms. The summed E-state index contributed by atoms with van der Waals surface area (Å²) in [6.45, 7) is 2.03. The van der Waals surface area contributed by atoms with Gasteiger partial charge in [-0.25, -0.2) is 15.0 Å². The van der Waals surface area contributed by atoms with E-state index >= 15 is 0 Å². The number of imidazole rings is 1. The van der Waals surface area contributed by atoms with Crippen LogP contribution in [0.5, 0.6) is 0 Å². The molecule has 1 saturated carbocycles. The van der Waals surface area contributed by atoms with Gasteiger partial charge in [0.05, 0.1) is 17.5 Å². The summed E-state index contributed by atoms with van der Waals surface area (Å²) < 4.78 is 4.04. The predicted molar refractivity (Wildman–Crippen MR) is 114 cm³/mol. The van der Waals surface area contributed by atoms with Gasteiger partial charge in [-0.05, 0) is 55.9 Å². The number of anilines is 1. The van der Waals surface area contributed by atoms with Gasteiger partial charge in [0, 0.05) is 31.3 Å². The summed E-state index contributed by atoms with van der Waals surface area (Å²) in [6.07, 6.45) is 8.13. The van der Waals surface area contributed by atoms with Crippen molar-refractivity contribution >= 4 is 22.5 Å². The lowest BCUT2D eigenvalue weighted by Gasteiger charge is -2.19. The molecule has 4 aromatic rings. The lowest BCUT2D eigenvalue weighted by atomic mass is 9.96. The first-order valence-electron chi connectivity index (χ1n) is 10.3. The van der Waals surface area contributed by atoms with E-state index in [0.717, 1.165) is 41.0 Å². The molecule has 156 valence electrons. The van der Waals surface area contributed by atoms with Crippen LogP contribution in [0.1, 0.15) is 30.1 Å². The molecule has 8 heteroatoms. The van der Waals surface area contributed by atoms with Crippen LogP contribution in [-0.4, -0.2) is 53.4 Å². The van der Waals surface area contributed by atoms with E-state index in [1.807, 2.05) is 43.2 Å². The standard InChI is InChI=1S/C22H26N6O2/c1-13-11-24-18-9-14(5-7-27(13)18)3-4-15-10-17(20(30)19(15)29)28-8-6-16-21(23-2)25-12-26-22(16)28/h5-9,11-12,15,17,19-20,29-30H,3-4,10H2,1-2H3,(H,23,25,26)/t15-,17+,19+,20-/m0/s1. The van der Waals surface area contributed by atoms with Crippen LogP contribution >= 0.6 is 0 Å². The Hall–Kier alpha value is -2.97. The summed E-state index contributed by atoms with van der Waals surface area (Å²) in [5, 5.41) is 25.5. The predicted octanol–water partition coefficient (Wildman–Crippen LogP) is 2.34. The number of pyridine rings is 1. The summed E-state index contributed by atoms with van der Waals surface area (Å²) in [5.41, 5.74) is 4.01. The zero-order valence-corrected chi connectivity index (χ0v) is 17.1. The van der Waals surface area contributed by atoms with E-state index in [1.165, 1.54) is 11.9 Å². The van der Waals surface area contributed by atoms with Crippen molar-refractivity contribution in [3.8, 4) is 0 Å². The van der Waals surface area contributed by atoms with Crippen LogP contribution in [0.2, 0.25) is 0 Å². The third kappa shape index (κ3) is 3.03. The van der Waals surface area contributed by atoms with Crippen molar-refractivity contribution in [2.75, 3.05) is 12.4 Å². The fourth-order valence-electron chi connectivity index (χ4n) is 4.76. The molecule has 0 radical (unpaired) electrons. The molecule has 1 aliphatic rings. The van der Waals surface area contributed by atoms with E-state index < -0.39 is 12.2 Å². The molecule has 0 amide bonds. The number of nitrogens with one attached hydrogen (secondary N) is 1. The molecule has 0 aromatic carbocycles. The van der Waals surface area contributed by atoms with Crippen LogP contribution in [0.3, 0.4) is 0 Å². The maximum Gasteiger partial charge on any atom is 0.145 e. The molecule has 4 atom stereocenters. The Labute approximate surface area is 174 Å². The van der Waals surface area contributed by atoms with E-state index in [0.29, 0.717) is 6.42 Å². The number of hydrogen-bond acceptors (Lipinski definition) is 6. The van der Waals surface area contributed by atoms with Crippen molar-refractivity contribution in [3.05, 3.63) is 54.4 Å². The van der Waals surface area contributed by atoms with E-state index in [1.54, 1.807) is 0 Å². The summed E-state index contributed by atoms with van der Waals surface area (Å²) in [6, 6.07) is 5.94. The SMILES string of the molecule is CNc1ncnc2c1ccn2[C@@H]1C[C@H](CCc2ccn3c(C)cnc3c2)[C@@H](O)[C@H]1O. The molecule has 5 rings (SSSR count). The summed E-state index contributed by atoms with van der Waals surface area (Å²) in [7, 11) is 1.82. The van der Waals surface area contributed by atoms with E-state index in [2.05, 4.69) is 36.8 Å². The minimum atomic E-state index is -0.823. The van der Waals surface area contributed by atoms with Crippen molar-refractivity contribution < 1.29 is 10.2 Å². The monoisotopic (exact) mass is 406 g/mol. The maximum atomic E-state index is 10.8. The van der Waals surface area contributed by atoms with E-state index in [4.69, 9.17) is 0 Å². The Morgan fingerprint density at radius 2 is 2.00 bits per heavy atom. The molecular formula is C22H26N6O2. The number of hydrogen-bond donors (Lipinski definition) is 3. The second-order valence-electron chi connectivity index (χ2n) is 8.18. The number of aliphatic hydroxyl groups is 2. The normalized spacial score (nSPS) is 24.1. The largest absolute Gasteiger partial charge is 0.390 e. The number of nitrogens with zero attached hydrogens (tertiary/aromatic N) is 5. The minimum Gasteiger partial charge on any atom is -0.390 e. The maximum absolute atomic E-state index is 10.8. The van der Waals surface area contributed by atoms with Gasteiger partial charge in [-0.3, -0.25) is 0 Å². The van der Waals surface area contributed by atoms with Crippen LogP contribution in [0, 0.1) is 12.8 Å². The van der Waals surface area contributed by atoms with Crippen LogP contribution in [0.15, 0.2) is 43.1 Å². The second-order valence-corrected chi connectivity index (χ2v) is 8.18. The first kappa shape index (κ1) is 19.0. The van der Waals surface area contributed by atoms with Crippen molar-refractivity contribution in [3.63, 3.8) is 0 Å². The fourth-order valence-corrected chi connectivity index (χ4v) is 4.76. The number of aromatic nitrogens is 5. The lowest BCUT2D eigenvalue weighted by Crippen LogP contribution is -2.29. The van der Waals surface area contributed by atoms with Crippen LogP contribution in [0.4, 0.5) is 5.82 Å². The first-order chi connectivity index (χ1) is 14.6. The molecule has 4 heterocycles. The Kier molecular flexibility index (Phi) is 4.67. The number of aliphatic hydroxyl groups excluding tert-OH is 2. The average molecular weight is 406 g/mol.